The highest BCUT2D eigenvalue weighted by Crippen LogP contribution is 2.20. The van der Waals surface area contributed by atoms with Crippen molar-refractivity contribution in [1.29, 1.82) is 0 Å². The Labute approximate surface area is 183 Å². The van der Waals surface area contributed by atoms with Crippen molar-refractivity contribution in [3.63, 3.8) is 0 Å². The molecule has 0 bridgehead atoms. The van der Waals surface area contributed by atoms with Crippen LogP contribution < -0.4 is 5.32 Å². The molecule has 4 rings (SSSR count). The Morgan fingerprint density at radius 3 is 2.52 bits per heavy atom. The summed E-state index contributed by atoms with van der Waals surface area (Å²) < 4.78 is 5.39. The molecule has 1 saturated heterocycles. The van der Waals surface area contributed by atoms with Gasteiger partial charge in [0.05, 0.1) is 0 Å². The molecule has 2 heterocycles. The van der Waals surface area contributed by atoms with Gasteiger partial charge in [-0.2, -0.15) is 4.98 Å². The van der Waals surface area contributed by atoms with E-state index in [0.717, 1.165) is 44.3 Å². The lowest BCUT2D eigenvalue weighted by atomic mass is 9.96. The number of nitrogens with zero attached hydrogens (tertiary/aromatic N) is 4. The molecule has 1 aromatic carbocycles. The molecule has 3 amide bonds. The van der Waals surface area contributed by atoms with Crippen molar-refractivity contribution in [2.45, 2.75) is 57.4 Å². The highest BCUT2D eigenvalue weighted by Gasteiger charge is 2.20. The lowest BCUT2D eigenvalue weighted by Gasteiger charge is -2.26. The number of nitrogens with one attached hydrogen (secondary N) is 1. The SMILES string of the molecule is CN(CCc1noc(-c2ccc(C(=O)N3CCCC3)cc2)n1)C(=O)NC1CCCCC1. The second-order valence-corrected chi connectivity index (χ2v) is 8.55. The smallest absolute Gasteiger partial charge is 0.317 e. The molecule has 31 heavy (non-hydrogen) atoms. The van der Waals surface area contributed by atoms with Crippen molar-refractivity contribution < 1.29 is 14.1 Å². The van der Waals surface area contributed by atoms with Gasteiger partial charge >= 0.3 is 6.03 Å². The number of amides is 3. The largest absolute Gasteiger partial charge is 0.339 e. The van der Waals surface area contributed by atoms with Gasteiger partial charge in [-0.15, -0.1) is 0 Å². The van der Waals surface area contributed by atoms with Crippen molar-refractivity contribution in [3.05, 3.63) is 35.7 Å². The summed E-state index contributed by atoms with van der Waals surface area (Å²) in [7, 11) is 1.79. The minimum Gasteiger partial charge on any atom is -0.339 e. The Bertz CT molecular complexity index is 883. The maximum atomic E-state index is 12.5. The molecule has 8 nitrogen and oxygen atoms in total. The van der Waals surface area contributed by atoms with Gasteiger partial charge in [0, 0.05) is 50.3 Å². The van der Waals surface area contributed by atoms with E-state index >= 15 is 0 Å². The van der Waals surface area contributed by atoms with Crippen LogP contribution in [0.5, 0.6) is 0 Å². The molecule has 0 unspecified atom stereocenters. The highest BCUT2D eigenvalue weighted by atomic mass is 16.5. The fraction of sp³-hybridized carbons (Fsp3) is 0.565. The molecule has 1 aliphatic heterocycles. The van der Waals surface area contributed by atoms with Crippen molar-refractivity contribution >= 4 is 11.9 Å². The van der Waals surface area contributed by atoms with Gasteiger partial charge in [-0.25, -0.2) is 4.79 Å². The Hall–Kier alpha value is -2.90. The summed E-state index contributed by atoms with van der Waals surface area (Å²) in [4.78, 5) is 32.8. The van der Waals surface area contributed by atoms with E-state index in [0.29, 0.717) is 36.3 Å². The maximum absolute atomic E-state index is 12.5. The Kier molecular flexibility index (Phi) is 6.84. The van der Waals surface area contributed by atoms with E-state index in [4.69, 9.17) is 4.52 Å². The third-order valence-corrected chi connectivity index (χ3v) is 6.19. The molecule has 1 aliphatic carbocycles. The Balaban J connectivity index is 1.28. The average molecular weight is 426 g/mol. The van der Waals surface area contributed by atoms with Crippen LogP contribution in [0.2, 0.25) is 0 Å². The summed E-state index contributed by atoms with van der Waals surface area (Å²) in [6.45, 7) is 2.18. The molecule has 8 heteroatoms. The number of hydrogen-bond acceptors (Lipinski definition) is 5. The number of likely N-dealkylation sites (N-methyl/N-ethyl adjacent to an activating group) is 1. The molecule has 0 radical (unpaired) electrons. The first kappa shape index (κ1) is 21.3. The van der Waals surface area contributed by atoms with E-state index in [-0.39, 0.29) is 11.9 Å². The van der Waals surface area contributed by atoms with Crippen molar-refractivity contribution in [1.82, 2.24) is 25.3 Å². The highest BCUT2D eigenvalue weighted by molar-refractivity contribution is 5.94. The lowest BCUT2D eigenvalue weighted by molar-refractivity contribution is 0.0793. The van der Waals surface area contributed by atoms with Crippen molar-refractivity contribution in [2.24, 2.45) is 0 Å². The molecule has 166 valence electrons. The van der Waals surface area contributed by atoms with Crippen LogP contribution >= 0.6 is 0 Å². The van der Waals surface area contributed by atoms with Crippen LogP contribution in [0.25, 0.3) is 11.5 Å². The number of carbonyl (C=O) groups is 2. The molecule has 2 aliphatic rings. The normalized spacial score (nSPS) is 17.0. The number of aromatic nitrogens is 2. The van der Waals surface area contributed by atoms with Crippen LogP contribution in [0.3, 0.4) is 0 Å². The van der Waals surface area contributed by atoms with Crippen LogP contribution in [0, 0.1) is 0 Å². The average Bonchev–Trinajstić information content (AvgIpc) is 3.50. The third kappa shape index (κ3) is 5.42. The summed E-state index contributed by atoms with van der Waals surface area (Å²) in [5, 5.41) is 7.15. The predicted octanol–water partition coefficient (Wildman–Crippen LogP) is 3.49. The number of carbonyl (C=O) groups excluding carboxylic acids is 2. The second kappa shape index (κ2) is 9.94. The quantitative estimate of drug-likeness (QED) is 0.765. The molecule has 0 spiro atoms. The van der Waals surface area contributed by atoms with Gasteiger partial charge in [-0.3, -0.25) is 4.79 Å². The number of rotatable bonds is 6. The van der Waals surface area contributed by atoms with E-state index < -0.39 is 0 Å². The lowest BCUT2D eigenvalue weighted by Crippen LogP contribution is -2.44. The number of benzene rings is 1. The number of likely N-dealkylation sites (tertiary alicyclic amines) is 1. The predicted molar refractivity (Wildman–Crippen MR) is 117 cm³/mol. The third-order valence-electron chi connectivity index (χ3n) is 6.19. The molecule has 1 N–H and O–H groups in total. The molecular formula is C23H31N5O3. The first-order valence-corrected chi connectivity index (χ1v) is 11.3. The summed E-state index contributed by atoms with van der Waals surface area (Å²) in [5.74, 6) is 1.05. The molecule has 0 atom stereocenters. The Morgan fingerprint density at radius 2 is 1.81 bits per heavy atom. The monoisotopic (exact) mass is 425 g/mol. The fourth-order valence-corrected chi connectivity index (χ4v) is 4.23. The zero-order valence-electron chi connectivity index (χ0n) is 18.2. The standard InChI is InChI=1S/C23H31N5O3/c1-27(23(30)24-19-7-3-2-4-8-19)16-13-20-25-21(31-26-20)17-9-11-18(12-10-17)22(29)28-14-5-6-15-28/h9-12,19H,2-8,13-16H2,1H3,(H,24,30). The first-order chi connectivity index (χ1) is 15.1. The molecule has 1 aromatic heterocycles. The van der Waals surface area contributed by atoms with Gasteiger partial charge < -0.3 is 19.6 Å². The molecular weight excluding hydrogens is 394 g/mol. The Morgan fingerprint density at radius 1 is 1.10 bits per heavy atom. The van der Waals surface area contributed by atoms with Gasteiger partial charge in [0.15, 0.2) is 5.82 Å². The van der Waals surface area contributed by atoms with E-state index in [1.807, 2.05) is 29.2 Å². The summed E-state index contributed by atoms with van der Waals surface area (Å²) in [6.07, 6.45) is 8.44. The van der Waals surface area contributed by atoms with E-state index in [9.17, 15) is 9.59 Å². The van der Waals surface area contributed by atoms with Gasteiger partial charge in [-0.05, 0) is 49.9 Å². The maximum Gasteiger partial charge on any atom is 0.317 e. The van der Waals surface area contributed by atoms with Crippen LogP contribution in [0.4, 0.5) is 4.79 Å². The first-order valence-electron chi connectivity index (χ1n) is 11.3. The van der Waals surface area contributed by atoms with E-state index in [1.165, 1.54) is 19.3 Å². The summed E-state index contributed by atoms with van der Waals surface area (Å²) >= 11 is 0. The van der Waals surface area contributed by atoms with Gasteiger partial charge in [0.2, 0.25) is 0 Å². The van der Waals surface area contributed by atoms with Crippen molar-refractivity contribution in [2.75, 3.05) is 26.7 Å². The van der Waals surface area contributed by atoms with E-state index in [2.05, 4.69) is 15.5 Å². The topological polar surface area (TPSA) is 91.6 Å². The van der Waals surface area contributed by atoms with Crippen LogP contribution in [0.15, 0.2) is 28.8 Å². The van der Waals surface area contributed by atoms with Crippen molar-refractivity contribution in [3.8, 4) is 11.5 Å². The number of hydrogen-bond donors (Lipinski definition) is 1. The van der Waals surface area contributed by atoms with Gasteiger partial charge in [-0.1, -0.05) is 24.4 Å². The van der Waals surface area contributed by atoms with Crippen LogP contribution in [-0.2, 0) is 6.42 Å². The number of urea groups is 1. The molecule has 2 aromatic rings. The fourth-order valence-electron chi connectivity index (χ4n) is 4.23. The van der Waals surface area contributed by atoms with Crippen LogP contribution in [0.1, 0.15) is 61.1 Å². The minimum absolute atomic E-state index is 0.0473. The zero-order valence-corrected chi connectivity index (χ0v) is 18.2. The molecule has 2 fully saturated rings. The van der Waals surface area contributed by atoms with Gasteiger partial charge in [0.25, 0.3) is 11.8 Å². The van der Waals surface area contributed by atoms with Crippen LogP contribution in [-0.4, -0.2) is 64.6 Å². The second-order valence-electron chi connectivity index (χ2n) is 8.55. The summed E-state index contributed by atoms with van der Waals surface area (Å²) in [5.41, 5.74) is 1.45. The van der Waals surface area contributed by atoms with E-state index in [1.54, 1.807) is 11.9 Å². The summed E-state index contributed by atoms with van der Waals surface area (Å²) in [6, 6.07) is 7.54. The molecule has 1 saturated carbocycles. The van der Waals surface area contributed by atoms with Gasteiger partial charge in [0.1, 0.15) is 0 Å². The zero-order chi connectivity index (χ0) is 21.6. The minimum atomic E-state index is -0.0473.